The van der Waals surface area contributed by atoms with Crippen molar-refractivity contribution >= 4 is 5.96 Å². The van der Waals surface area contributed by atoms with E-state index in [0.717, 1.165) is 36.4 Å². The van der Waals surface area contributed by atoms with Crippen molar-refractivity contribution in [1.82, 2.24) is 20.8 Å². The van der Waals surface area contributed by atoms with Crippen LogP contribution in [0.15, 0.2) is 33.9 Å². The highest BCUT2D eigenvalue weighted by Crippen LogP contribution is 2.16. The first-order chi connectivity index (χ1) is 13.1. The summed E-state index contributed by atoms with van der Waals surface area (Å²) in [5.74, 6) is 2.50. The van der Waals surface area contributed by atoms with Crippen LogP contribution in [0, 0.1) is 0 Å². The van der Waals surface area contributed by atoms with Gasteiger partial charge in [0.2, 0.25) is 5.88 Å². The molecular weight excluding hydrogens is 342 g/mol. The Balaban J connectivity index is 1.98. The molecule has 0 radical (unpaired) electrons. The number of hydrogen-bond acceptors (Lipinski definition) is 5. The topological polar surface area (TPSA) is 84.6 Å². The van der Waals surface area contributed by atoms with E-state index in [1.807, 2.05) is 25.1 Å². The van der Waals surface area contributed by atoms with Gasteiger partial charge in [0.15, 0.2) is 11.7 Å². The molecule has 0 aliphatic rings. The number of aliphatic imine (C=N–C) groups is 1. The van der Waals surface area contributed by atoms with E-state index in [4.69, 9.17) is 9.26 Å². The second-order valence-electron chi connectivity index (χ2n) is 6.59. The van der Waals surface area contributed by atoms with Crippen molar-refractivity contribution in [2.24, 2.45) is 4.99 Å². The molecule has 0 fully saturated rings. The van der Waals surface area contributed by atoms with Crippen molar-refractivity contribution in [3.05, 3.63) is 41.4 Å². The average molecular weight is 374 g/mol. The van der Waals surface area contributed by atoms with Gasteiger partial charge in [-0.25, -0.2) is 9.98 Å². The molecule has 0 aliphatic carbocycles. The standard InChI is InChI=1S/C20H31N5O2/c1-5-7-11-26-19-16(9-8-10-22-19)13-23-20(21-6-2)24-14-17-12-18(15(3)4)25-27-17/h8-10,12,15H,5-7,11,13-14H2,1-4H3,(H2,21,23,24). The van der Waals surface area contributed by atoms with Crippen LogP contribution in [0.2, 0.25) is 0 Å². The quantitative estimate of drug-likeness (QED) is 0.376. The van der Waals surface area contributed by atoms with Crippen molar-refractivity contribution in [3.8, 4) is 5.88 Å². The molecule has 0 amide bonds. The zero-order valence-corrected chi connectivity index (χ0v) is 16.8. The molecule has 2 rings (SSSR count). The van der Waals surface area contributed by atoms with Crippen LogP contribution < -0.4 is 15.4 Å². The van der Waals surface area contributed by atoms with Gasteiger partial charge in [-0.3, -0.25) is 0 Å². The number of nitrogens with one attached hydrogen (secondary N) is 2. The van der Waals surface area contributed by atoms with Gasteiger partial charge in [0, 0.05) is 24.4 Å². The molecule has 0 aromatic carbocycles. The molecule has 0 spiro atoms. The lowest BCUT2D eigenvalue weighted by atomic mass is 10.1. The fourth-order valence-corrected chi connectivity index (χ4v) is 2.35. The molecule has 2 N–H and O–H groups in total. The zero-order chi connectivity index (χ0) is 19.5. The molecule has 2 heterocycles. The molecule has 0 aliphatic heterocycles. The normalized spacial score (nSPS) is 11.7. The van der Waals surface area contributed by atoms with E-state index in [-0.39, 0.29) is 0 Å². The second kappa shape index (κ2) is 11.2. The minimum absolute atomic E-state index is 0.348. The van der Waals surface area contributed by atoms with Crippen LogP contribution >= 0.6 is 0 Å². The third-order valence-electron chi connectivity index (χ3n) is 3.94. The summed E-state index contributed by atoms with van der Waals surface area (Å²) in [6, 6.07) is 5.87. The Morgan fingerprint density at radius 3 is 2.85 bits per heavy atom. The lowest BCUT2D eigenvalue weighted by Crippen LogP contribution is -2.36. The minimum Gasteiger partial charge on any atom is -0.477 e. The highest BCUT2D eigenvalue weighted by Gasteiger charge is 2.09. The maximum atomic E-state index is 5.78. The van der Waals surface area contributed by atoms with Gasteiger partial charge in [-0.05, 0) is 25.3 Å². The lowest BCUT2D eigenvalue weighted by molar-refractivity contribution is 0.294. The van der Waals surface area contributed by atoms with E-state index < -0.39 is 0 Å². The van der Waals surface area contributed by atoms with Gasteiger partial charge in [-0.15, -0.1) is 0 Å². The molecule has 0 bridgehead atoms. The summed E-state index contributed by atoms with van der Waals surface area (Å²) < 4.78 is 11.1. The number of nitrogens with zero attached hydrogens (tertiary/aromatic N) is 3. The number of unbranched alkanes of at least 4 members (excludes halogenated alkanes) is 1. The summed E-state index contributed by atoms with van der Waals surface area (Å²) in [5.41, 5.74) is 1.92. The molecule has 27 heavy (non-hydrogen) atoms. The highest BCUT2D eigenvalue weighted by molar-refractivity contribution is 5.79. The van der Waals surface area contributed by atoms with Crippen LogP contribution in [0.1, 0.15) is 63.5 Å². The number of ether oxygens (including phenoxy) is 1. The van der Waals surface area contributed by atoms with Gasteiger partial charge >= 0.3 is 0 Å². The second-order valence-corrected chi connectivity index (χ2v) is 6.59. The fourth-order valence-electron chi connectivity index (χ4n) is 2.35. The van der Waals surface area contributed by atoms with Crippen LogP contribution in [0.5, 0.6) is 5.88 Å². The third-order valence-corrected chi connectivity index (χ3v) is 3.94. The van der Waals surface area contributed by atoms with Gasteiger partial charge < -0.3 is 19.9 Å². The maximum Gasteiger partial charge on any atom is 0.218 e. The van der Waals surface area contributed by atoms with Crippen molar-refractivity contribution < 1.29 is 9.26 Å². The Bertz CT molecular complexity index is 712. The molecule has 7 nitrogen and oxygen atoms in total. The molecule has 0 saturated heterocycles. The Morgan fingerprint density at radius 1 is 1.30 bits per heavy atom. The number of rotatable bonds is 10. The van der Waals surface area contributed by atoms with Gasteiger partial charge in [0.1, 0.15) is 0 Å². The molecule has 2 aromatic heterocycles. The Hall–Kier alpha value is -2.57. The van der Waals surface area contributed by atoms with Crippen LogP contribution in [-0.2, 0) is 13.1 Å². The number of aromatic nitrogens is 2. The molecular formula is C20H31N5O2. The van der Waals surface area contributed by atoms with Gasteiger partial charge in [-0.1, -0.05) is 38.4 Å². The molecule has 0 atom stereocenters. The summed E-state index contributed by atoms with van der Waals surface area (Å²) in [6.45, 7) is 10.8. The summed E-state index contributed by atoms with van der Waals surface area (Å²) in [4.78, 5) is 8.97. The van der Waals surface area contributed by atoms with Gasteiger partial charge in [0.05, 0.1) is 25.4 Å². The van der Waals surface area contributed by atoms with E-state index in [1.54, 1.807) is 6.20 Å². The molecule has 0 saturated carbocycles. The van der Waals surface area contributed by atoms with Gasteiger partial charge in [0.25, 0.3) is 0 Å². The SMILES string of the molecule is CCCCOc1ncccc1CN=C(NCC)NCc1cc(C(C)C)no1. The molecule has 7 heteroatoms. The summed E-state index contributed by atoms with van der Waals surface area (Å²) in [6.07, 6.45) is 3.85. The number of pyridine rings is 1. The van der Waals surface area contributed by atoms with Crippen molar-refractivity contribution in [3.63, 3.8) is 0 Å². The van der Waals surface area contributed by atoms with Crippen LogP contribution in [0.3, 0.4) is 0 Å². The van der Waals surface area contributed by atoms with Crippen molar-refractivity contribution in [2.75, 3.05) is 13.2 Å². The highest BCUT2D eigenvalue weighted by atomic mass is 16.5. The maximum absolute atomic E-state index is 5.78. The molecule has 148 valence electrons. The number of hydrogen-bond donors (Lipinski definition) is 2. The predicted octanol–water partition coefficient (Wildman–Crippen LogP) is 3.63. The molecule has 2 aromatic rings. The minimum atomic E-state index is 0.348. The summed E-state index contributed by atoms with van der Waals surface area (Å²) >= 11 is 0. The Labute approximate surface area is 161 Å². The van der Waals surface area contributed by atoms with Crippen LogP contribution in [0.4, 0.5) is 0 Å². The fraction of sp³-hybridized carbons (Fsp3) is 0.550. The van der Waals surface area contributed by atoms with Crippen LogP contribution in [-0.4, -0.2) is 29.3 Å². The summed E-state index contributed by atoms with van der Waals surface area (Å²) in [5, 5.41) is 10.6. The van der Waals surface area contributed by atoms with E-state index in [1.165, 1.54) is 0 Å². The van der Waals surface area contributed by atoms with E-state index >= 15 is 0 Å². The monoisotopic (exact) mass is 373 g/mol. The summed E-state index contributed by atoms with van der Waals surface area (Å²) in [7, 11) is 0. The van der Waals surface area contributed by atoms with E-state index in [0.29, 0.717) is 37.5 Å². The first kappa shape index (κ1) is 20.7. The first-order valence-electron chi connectivity index (χ1n) is 9.68. The average Bonchev–Trinajstić information content (AvgIpc) is 3.14. The Kier molecular flexibility index (Phi) is 8.61. The number of guanidine groups is 1. The van der Waals surface area contributed by atoms with E-state index in [2.05, 4.69) is 46.5 Å². The Morgan fingerprint density at radius 2 is 2.15 bits per heavy atom. The van der Waals surface area contributed by atoms with Crippen molar-refractivity contribution in [2.45, 2.75) is 59.5 Å². The predicted molar refractivity (Wildman–Crippen MR) is 107 cm³/mol. The lowest BCUT2D eigenvalue weighted by Gasteiger charge is -2.11. The van der Waals surface area contributed by atoms with Crippen molar-refractivity contribution in [1.29, 1.82) is 0 Å². The first-order valence-corrected chi connectivity index (χ1v) is 9.68. The zero-order valence-electron chi connectivity index (χ0n) is 16.8. The van der Waals surface area contributed by atoms with E-state index in [9.17, 15) is 0 Å². The van der Waals surface area contributed by atoms with Gasteiger partial charge in [-0.2, -0.15) is 0 Å². The third kappa shape index (κ3) is 6.92. The smallest absolute Gasteiger partial charge is 0.218 e. The van der Waals surface area contributed by atoms with Crippen LogP contribution in [0.25, 0.3) is 0 Å². The largest absolute Gasteiger partial charge is 0.477 e. The molecule has 0 unspecified atom stereocenters.